The van der Waals surface area contributed by atoms with Gasteiger partial charge in [-0.15, -0.1) is 0 Å². The van der Waals surface area contributed by atoms with Crippen molar-refractivity contribution in [1.82, 2.24) is 5.48 Å². The van der Waals surface area contributed by atoms with Crippen LogP contribution in [0, 0.1) is 11.7 Å². The Hall–Kier alpha value is -1.11. The zero-order valence-corrected chi connectivity index (χ0v) is 9.41. The van der Waals surface area contributed by atoms with Gasteiger partial charge in [0.2, 0.25) is 0 Å². The van der Waals surface area contributed by atoms with Crippen molar-refractivity contribution in [1.29, 1.82) is 0 Å². The highest BCUT2D eigenvalue weighted by atomic mass is 19.3. The molecule has 3 unspecified atom stereocenters. The molecule has 1 aromatic rings. The minimum atomic E-state index is -2.79. The summed E-state index contributed by atoms with van der Waals surface area (Å²) in [6.45, 7) is 0.386. The van der Waals surface area contributed by atoms with Crippen LogP contribution in [-0.4, -0.2) is 25.7 Å². The topological polar surface area (TPSA) is 30.5 Å². The fourth-order valence-corrected chi connectivity index (χ4v) is 2.70. The van der Waals surface area contributed by atoms with E-state index >= 15 is 0 Å². The summed E-state index contributed by atoms with van der Waals surface area (Å²) in [4.78, 5) is 5.14. The third-order valence-corrected chi connectivity index (χ3v) is 3.66. The standard InChI is InChI=1S/C12H12F3NO2/c13-9-4-2-1-3-7(9)12(11(14)15)8-5-17-6-10(8)18-16-12/h1-4,8,10-11,16H,5-6H2. The molecule has 2 heterocycles. The number of benzene rings is 1. The van der Waals surface area contributed by atoms with E-state index in [1.165, 1.54) is 24.3 Å². The third-order valence-electron chi connectivity index (χ3n) is 3.66. The maximum Gasteiger partial charge on any atom is 0.263 e. The molecule has 0 bridgehead atoms. The lowest BCUT2D eigenvalue weighted by atomic mass is 9.78. The molecule has 1 aromatic carbocycles. The molecule has 3 atom stereocenters. The van der Waals surface area contributed by atoms with E-state index in [2.05, 4.69) is 5.48 Å². The second kappa shape index (κ2) is 4.22. The van der Waals surface area contributed by atoms with Crippen LogP contribution in [0.1, 0.15) is 5.56 Å². The van der Waals surface area contributed by atoms with Gasteiger partial charge in [0.1, 0.15) is 17.5 Å². The van der Waals surface area contributed by atoms with Gasteiger partial charge < -0.3 is 4.74 Å². The number of hydrogen-bond donors (Lipinski definition) is 1. The molecule has 1 N–H and O–H groups in total. The molecular formula is C12H12F3NO2. The Morgan fingerprint density at radius 3 is 2.78 bits per heavy atom. The lowest BCUT2D eigenvalue weighted by molar-refractivity contribution is -0.0650. The monoisotopic (exact) mass is 259 g/mol. The molecule has 2 saturated heterocycles. The highest BCUT2D eigenvalue weighted by molar-refractivity contribution is 5.30. The average Bonchev–Trinajstić information content (AvgIpc) is 2.91. The van der Waals surface area contributed by atoms with Crippen molar-refractivity contribution >= 4 is 0 Å². The van der Waals surface area contributed by atoms with Crippen molar-refractivity contribution in [3.05, 3.63) is 35.6 Å². The molecule has 2 aliphatic heterocycles. The van der Waals surface area contributed by atoms with Crippen LogP contribution in [0.3, 0.4) is 0 Å². The first kappa shape index (κ1) is 12.0. The lowest BCUT2D eigenvalue weighted by Crippen LogP contribution is -2.49. The van der Waals surface area contributed by atoms with Gasteiger partial charge in [-0.05, 0) is 6.07 Å². The molecule has 0 saturated carbocycles. The summed E-state index contributed by atoms with van der Waals surface area (Å²) >= 11 is 0. The minimum absolute atomic E-state index is 0.0713. The molecule has 18 heavy (non-hydrogen) atoms. The maximum absolute atomic E-state index is 13.8. The first-order chi connectivity index (χ1) is 8.66. The SMILES string of the molecule is Fc1ccccc1C1(C(F)F)NOC2COCC21. The molecule has 2 fully saturated rings. The molecule has 6 heteroatoms. The Bertz CT molecular complexity index is 457. The Kier molecular flexibility index (Phi) is 2.80. The Morgan fingerprint density at radius 1 is 1.28 bits per heavy atom. The summed E-state index contributed by atoms with van der Waals surface area (Å²) in [5.74, 6) is -1.25. The summed E-state index contributed by atoms with van der Waals surface area (Å²) in [6.07, 6.45) is -3.25. The molecule has 2 aliphatic rings. The predicted octanol–water partition coefficient (Wildman–Crippen LogP) is 1.84. The average molecular weight is 259 g/mol. The molecule has 0 aromatic heterocycles. The first-order valence-corrected chi connectivity index (χ1v) is 5.70. The van der Waals surface area contributed by atoms with Gasteiger partial charge in [-0.25, -0.2) is 13.2 Å². The van der Waals surface area contributed by atoms with Crippen LogP contribution in [0.4, 0.5) is 13.2 Å². The number of hydrogen-bond acceptors (Lipinski definition) is 3. The minimum Gasteiger partial charge on any atom is -0.378 e. The van der Waals surface area contributed by atoms with Gasteiger partial charge in [0, 0.05) is 11.5 Å². The van der Waals surface area contributed by atoms with E-state index in [4.69, 9.17) is 9.57 Å². The van der Waals surface area contributed by atoms with E-state index in [-0.39, 0.29) is 18.8 Å². The lowest BCUT2D eigenvalue weighted by Gasteiger charge is -2.32. The van der Waals surface area contributed by atoms with Gasteiger partial charge in [-0.1, -0.05) is 18.2 Å². The van der Waals surface area contributed by atoms with Gasteiger partial charge >= 0.3 is 0 Å². The zero-order chi connectivity index (χ0) is 12.8. The van der Waals surface area contributed by atoms with E-state index in [0.717, 1.165) is 0 Å². The van der Waals surface area contributed by atoms with E-state index in [1.54, 1.807) is 0 Å². The number of rotatable bonds is 2. The van der Waals surface area contributed by atoms with Crippen molar-refractivity contribution in [2.75, 3.05) is 13.2 Å². The Balaban J connectivity index is 2.10. The summed E-state index contributed by atoms with van der Waals surface area (Å²) in [7, 11) is 0. The number of alkyl halides is 2. The number of halogens is 3. The van der Waals surface area contributed by atoms with Gasteiger partial charge in [0.25, 0.3) is 6.43 Å². The molecule has 0 radical (unpaired) electrons. The molecule has 98 valence electrons. The molecular weight excluding hydrogens is 247 g/mol. The zero-order valence-electron chi connectivity index (χ0n) is 9.41. The predicted molar refractivity (Wildman–Crippen MR) is 56.4 cm³/mol. The summed E-state index contributed by atoms with van der Waals surface area (Å²) in [6, 6.07) is 5.53. The molecule has 3 nitrogen and oxygen atoms in total. The molecule has 3 rings (SSSR count). The highest BCUT2D eigenvalue weighted by Crippen LogP contribution is 2.45. The van der Waals surface area contributed by atoms with E-state index in [0.29, 0.717) is 0 Å². The molecule has 0 amide bonds. The number of nitrogens with one attached hydrogen (secondary N) is 1. The summed E-state index contributed by atoms with van der Waals surface area (Å²) in [5, 5.41) is 0. The van der Waals surface area contributed by atoms with Crippen LogP contribution in [0.25, 0.3) is 0 Å². The van der Waals surface area contributed by atoms with Crippen LogP contribution in [0.15, 0.2) is 24.3 Å². The van der Waals surface area contributed by atoms with Crippen LogP contribution < -0.4 is 5.48 Å². The maximum atomic E-state index is 13.8. The summed E-state index contributed by atoms with van der Waals surface area (Å²) in [5.41, 5.74) is 0.461. The van der Waals surface area contributed by atoms with E-state index in [9.17, 15) is 13.2 Å². The van der Waals surface area contributed by atoms with Crippen molar-refractivity contribution in [3.8, 4) is 0 Å². The smallest absolute Gasteiger partial charge is 0.263 e. The third kappa shape index (κ3) is 1.49. The largest absolute Gasteiger partial charge is 0.378 e. The van der Waals surface area contributed by atoms with Gasteiger partial charge in [-0.3, -0.25) is 4.84 Å². The van der Waals surface area contributed by atoms with Crippen LogP contribution >= 0.6 is 0 Å². The highest BCUT2D eigenvalue weighted by Gasteiger charge is 2.60. The normalized spacial score (nSPS) is 35.1. The van der Waals surface area contributed by atoms with Crippen molar-refractivity contribution < 1.29 is 22.7 Å². The first-order valence-electron chi connectivity index (χ1n) is 5.70. The van der Waals surface area contributed by atoms with Crippen LogP contribution in [0.2, 0.25) is 0 Å². The van der Waals surface area contributed by atoms with Crippen LogP contribution in [-0.2, 0) is 15.1 Å². The van der Waals surface area contributed by atoms with Gasteiger partial charge in [0.05, 0.1) is 13.2 Å². The summed E-state index contributed by atoms with van der Waals surface area (Å²) < 4.78 is 46.1. The van der Waals surface area contributed by atoms with Crippen molar-refractivity contribution in [2.45, 2.75) is 18.1 Å². The van der Waals surface area contributed by atoms with Gasteiger partial charge in [0.15, 0.2) is 0 Å². The fourth-order valence-electron chi connectivity index (χ4n) is 2.70. The van der Waals surface area contributed by atoms with Crippen molar-refractivity contribution in [3.63, 3.8) is 0 Å². The second-order valence-corrected chi connectivity index (χ2v) is 4.55. The van der Waals surface area contributed by atoms with Crippen molar-refractivity contribution in [2.24, 2.45) is 5.92 Å². The number of fused-ring (bicyclic) bond motifs is 1. The molecule has 0 spiro atoms. The van der Waals surface area contributed by atoms with E-state index in [1.807, 2.05) is 0 Å². The van der Waals surface area contributed by atoms with E-state index < -0.39 is 29.8 Å². The quantitative estimate of drug-likeness (QED) is 0.879. The Labute approximate surface area is 102 Å². The second-order valence-electron chi connectivity index (χ2n) is 4.55. The number of ether oxygens (including phenoxy) is 1. The van der Waals surface area contributed by atoms with Crippen LogP contribution in [0.5, 0.6) is 0 Å². The van der Waals surface area contributed by atoms with Gasteiger partial charge in [-0.2, -0.15) is 5.48 Å². The fraction of sp³-hybridized carbons (Fsp3) is 0.500. The molecule has 0 aliphatic carbocycles. The Morgan fingerprint density at radius 2 is 2.06 bits per heavy atom. The number of hydroxylamine groups is 1.